The first kappa shape index (κ1) is 16.7. The molecule has 1 fully saturated rings. The van der Waals surface area contributed by atoms with Gasteiger partial charge in [0.1, 0.15) is 5.15 Å². The van der Waals surface area contributed by atoms with Gasteiger partial charge in [-0.25, -0.2) is 4.79 Å². The molecule has 1 aromatic heterocycles. The molecule has 2 rings (SSSR count). The first-order valence-electron chi connectivity index (χ1n) is 7.59. The Labute approximate surface area is 134 Å². The van der Waals surface area contributed by atoms with Crippen LogP contribution in [-0.2, 0) is 13.0 Å². The van der Waals surface area contributed by atoms with E-state index in [2.05, 4.69) is 11.2 Å². The molecule has 1 N–H and O–H groups in total. The number of aromatic amines is 1. The number of nitrogens with one attached hydrogen (secondary N) is 1. The number of H-pyrrole nitrogens is 1. The van der Waals surface area contributed by atoms with Crippen molar-refractivity contribution in [2.45, 2.75) is 63.2 Å². The fourth-order valence-corrected chi connectivity index (χ4v) is 4.32. The summed E-state index contributed by atoms with van der Waals surface area (Å²) < 4.78 is 1.37. The van der Waals surface area contributed by atoms with E-state index in [1.165, 1.54) is 23.8 Å². The van der Waals surface area contributed by atoms with Crippen LogP contribution in [0.5, 0.6) is 0 Å². The Kier molecular flexibility index (Phi) is 5.60. The van der Waals surface area contributed by atoms with Gasteiger partial charge in [-0.1, -0.05) is 44.2 Å². The van der Waals surface area contributed by atoms with Crippen LogP contribution < -0.4 is 11.2 Å². The highest BCUT2D eigenvalue weighted by molar-refractivity contribution is 8.00. The maximum atomic E-state index is 12.6. The number of nitrogens with zero attached hydrogens (tertiary/aromatic N) is 1. The van der Waals surface area contributed by atoms with Crippen LogP contribution >= 0.6 is 23.4 Å². The first-order valence-corrected chi connectivity index (χ1v) is 9.20. The molecule has 0 aromatic carbocycles. The van der Waals surface area contributed by atoms with Crippen LogP contribution in [-0.4, -0.2) is 20.6 Å². The summed E-state index contributed by atoms with van der Waals surface area (Å²) in [4.78, 5) is 27.4. The monoisotopic (exact) mass is 330 g/mol. The lowest BCUT2D eigenvalue weighted by Gasteiger charge is -2.35. The fraction of sp³-hybridized carbons (Fsp3) is 0.733. The Balaban J connectivity index is 2.41. The highest BCUT2D eigenvalue weighted by Crippen LogP contribution is 2.39. The summed E-state index contributed by atoms with van der Waals surface area (Å²) in [6, 6.07) is 0. The lowest BCUT2D eigenvalue weighted by molar-refractivity contribution is 0.349. The topological polar surface area (TPSA) is 54.9 Å². The molecular weight excluding hydrogens is 308 g/mol. The number of halogens is 1. The van der Waals surface area contributed by atoms with Crippen molar-refractivity contribution in [3.8, 4) is 0 Å². The van der Waals surface area contributed by atoms with Gasteiger partial charge in [0, 0.05) is 11.3 Å². The van der Waals surface area contributed by atoms with Crippen LogP contribution in [0.3, 0.4) is 0 Å². The zero-order valence-electron chi connectivity index (χ0n) is 12.7. The van der Waals surface area contributed by atoms with Gasteiger partial charge in [0.15, 0.2) is 0 Å². The van der Waals surface area contributed by atoms with Gasteiger partial charge in [0.05, 0.1) is 5.56 Å². The van der Waals surface area contributed by atoms with E-state index < -0.39 is 0 Å². The summed E-state index contributed by atoms with van der Waals surface area (Å²) in [5, 5.41) is 0.199. The average molecular weight is 331 g/mol. The maximum Gasteiger partial charge on any atom is 0.329 e. The molecule has 1 heterocycles. The molecule has 0 bridgehead atoms. The van der Waals surface area contributed by atoms with E-state index in [4.69, 9.17) is 11.6 Å². The molecule has 0 spiro atoms. The standard InChI is InChI=1S/C15H23ClN2O2S/c1-3-7-11-12(16)17-14(20)18(13(11)19)10-15(21-2)8-5-4-6-9-15/h3-10H2,1-2H3,(H,17,20). The Morgan fingerprint density at radius 3 is 2.52 bits per heavy atom. The normalized spacial score (nSPS) is 17.9. The number of rotatable bonds is 5. The summed E-state index contributed by atoms with van der Waals surface area (Å²) >= 11 is 7.81. The number of thioether (sulfide) groups is 1. The molecule has 0 amide bonds. The summed E-state index contributed by atoms with van der Waals surface area (Å²) in [6.45, 7) is 2.48. The van der Waals surface area contributed by atoms with Gasteiger partial charge in [-0.3, -0.25) is 14.3 Å². The molecule has 0 aliphatic heterocycles. The van der Waals surface area contributed by atoms with Gasteiger partial charge in [-0.15, -0.1) is 0 Å². The first-order chi connectivity index (χ1) is 10.0. The molecule has 118 valence electrons. The zero-order chi connectivity index (χ0) is 15.5. The molecule has 6 heteroatoms. The highest BCUT2D eigenvalue weighted by Gasteiger charge is 2.33. The largest absolute Gasteiger partial charge is 0.329 e. The zero-order valence-corrected chi connectivity index (χ0v) is 14.3. The van der Waals surface area contributed by atoms with Crippen molar-refractivity contribution in [1.82, 2.24) is 9.55 Å². The smallest absolute Gasteiger partial charge is 0.297 e. The number of aromatic nitrogens is 2. The third kappa shape index (κ3) is 3.57. The van der Waals surface area contributed by atoms with Gasteiger partial charge in [-0.2, -0.15) is 11.8 Å². The molecule has 0 radical (unpaired) electrons. The van der Waals surface area contributed by atoms with Crippen molar-refractivity contribution >= 4 is 23.4 Å². The summed E-state index contributed by atoms with van der Waals surface area (Å²) in [5.41, 5.74) is -0.0701. The minimum atomic E-state index is -0.385. The minimum absolute atomic E-state index is 0.00634. The fourth-order valence-electron chi connectivity index (χ4n) is 3.11. The van der Waals surface area contributed by atoms with Crippen LogP contribution in [0.15, 0.2) is 9.59 Å². The Morgan fingerprint density at radius 2 is 1.95 bits per heavy atom. The van der Waals surface area contributed by atoms with Gasteiger partial charge in [0.2, 0.25) is 0 Å². The van der Waals surface area contributed by atoms with Crippen LogP contribution in [0, 0.1) is 0 Å². The average Bonchev–Trinajstić information content (AvgIpc) is 2.49. The van der Waals surface area contributed by atoms with E-state index in [9.17, 15) is 9.59 Å². The third-order valence-electron chi connectivity index (χ3n) is 4.37. The van der Waals surface area contributed by atoms with Gasteiger partial charge in [-0.05, 0) is 25.5 Å². The van der Waals surface area contributed by atoms with Crippen molar-refractivity contribution < 1.29 is 0 Å². The van der Waals surface area contributed by atoms with Crippen LogP contribution in [0.25, 0.3) is 0 Å². The molecule has 1 aliphatic rings. The summed E-state index contributed by atoms with van der Waals surface area (Å²) in [7, 11) is 0. The Morgan fingerprint density at radius 1 is 1.29 bits per heavy atom. The van der Waals surface area contributed by atoms with E-state index in [1.807, 2.05) is 6.92 Å². The molecule has 0 unspecified atom stereocenters. The van der Waals surface area contributed by atoms with E-state index in [0.717, 1.165) is 19.3 Å². The van der Waals surface area contributed by atoms with Crippen molar-refractivity contribution in [3.63, 3.8) is 0 Å². The van der Waals surface area contributed by atoms with E-state index in [1.54, 1.807) is 11.8 Å². The van der Waals surface area contributed by atoms with Crippen LogP contribution in [0.1, 0.15) is 51.0 Å². The molecule has 0 saturated heterocycles. The molecule has 1 saturated carbocycles. The van der Waals surface area contributed by atoms with E-state index in [0.29, 0.717) is 18.5 Å². The lowest BCUT2D eigenvalue weighted by Crippen LogP contribution is -2.44. The van der Waals surface area contributed by atoms with Crippen LogP contribution in [0.4, 0.5) is 0 Å². The molecule has 0 atom stereocenters. The SMILES string of the molecule is CCCc1c(Cl)[nH]c(=O)n(CC2(SC)CCCCC2)c1=O. The maximum absolute atomic E-state index is 12.6. The highest BCUT2D eigenvalue weighted by atomic mass is 35.5. The Bertz CT molecular complexity index is 603. The summed E-state index contributed by atoms with van der Waals surface area (Å²) in [5.74, 6) is 0. The number of hydrogen-bond acceptors (Lipinski definition) is 3. The van der Waals surface area contributed by atoms with E-state index in [-0.39, 0.29) is 21.1 Å². The molecule has 1 aliphatic carbocycles. The van der Waals surface area contributed by atoms with Gasteiger partial charge >= 0.3 is 5.69 Å². The number of hydrogen-bond donors (Lipinski definition) is 1. The predicted molar refractivity (Wildman–Crippen MR) is 89.7 cm³/mol. The second-order valence-electron chi connectivity index (χ2n) is 5.81. The second kappa shape index (κ2) is 7.05. The van der Waals surface area contributed by atoms with Gasteiger partial charge < -0.3 is 0 Å². The molecule has 21 heavy (non-hydrogen) atoms. The minimum Gasteiger partial charge on any atom is -0.297 e. The lowest BCUT2D eigenvalue weighted by atomic mass is 9.88. The molecular formula is C15H23ClN2O2S. The predicted octanol–water partition coefficient (Wildman–Crippen LogP) is 3.21. The van der Waals surface area contributed by atoms with E-state index >= 15 is 0 Å². The second-order valence-corrected chi connectivity index (χ2v) is 7.46. The van der Waals surface area contributed by atoms with Crippen molar-refractivity contribution in [1.29, 1.82) is 0 Å². The van der Waals surface area contributed by atoms with Crippen molar-refractivity contribution in [2.75, 3.05) is 6.26 Å². The van der Waals surface area contributed by atoms with Crippen molar-refractivity contribution in [3.05, 3.63) is 31.6 Å². The van der Waals surface area contributed by atoms with Crippen molar-refractivity contribution in [2.24, 2.45) is 0 Å². The third-order valence-corrected chi connectivity index (χ3v) is 6.10. The van der Waals surface area contributed by atoms with Gasteiger partial charge in [0.25, 0.3) is 5.56 Å². The van der Waals surface area contributed by atoms with Crippen LogP contribution in [0.2, 0.25) is 5.15 Å². The Hall–Kier alpha value is -0.680. The molecule has 1 aromatic rings. The molecule has 4 nitrogen and oxygen atoms in total. The quantitative estimate of drug-likeness (QED) is 0.843. The summed E-state index contributed by atoms with van der Waals surface area (Å²) in [6.07, 6.45) is 9.21.